The molecule has 1 heterocycles. The molecule has 1 atom stereocenters. The number of aromatic carboxylic acids is 1. The number of carboxylic acid groups (broad SMARTS) is 1. The van der Waals surface area contributed by atoms with E-state index in [1.165, 1.54) is 6.07 Å². The number of nitrogens with one attached hydrogen (secondary N) is 1. The molecule has 5 heteroatoms. The lowest BCUT2D eigenvalue weighted by molar-refractivity contribution is 0.0695. The van der Waals surface area contributed by atoms with Gasteiger partial charge in [0.1, 0.15) is 5.82 Å². The van der Waals surface area contributed by atoms with Gasteiger partial charge in [-0.1, -0.05) is 6.92 Å². The molecule has 1 rings (SSSR count). The molecule has 16 heavy (non-hydrogen) atoms. The molecule has 0 aliphatic heterocycles. The third kappa shape index (κ3) is 3.20. The van der Waals surface area contributed by atoms with Gasteiger partial charge in [0, 0.05) is 6.54 Å². The number of hydrogen-bond acceptors (Lipinski definition) is 4. The van der Waals surface area contributed by atoms with Gasteiger partial charge < -0.3 is 15.5 Å². The molecular formula is C11H16N2O3. The number of aromatic nitrogens is 1. The minimum Gasteiger partial charge on any atom is -0.478 e. The van der Waals surface area contributed by atoms with Crippen molar-refractivity contribution in [3.63, 3.8) is 0 Å². The Bertz CT molecular complexity index is 379. The second kappa shape index (κ2) is 5.46. The molecule has 1 aromatic heterocycles. The van der Waals surface area contributed by atoms with Crippen LogP contribution >= 0.6 is 0 Å². The normalized spacial score (nSPS) is 12.2. The average Bonchev–Trinajstić information content (AvgIpc) is 2.25. The molecule has 0 spiro atoms. The Kier molecular flexibility index (Phi) is 4.25. The maximum Gasteiger partial charge on any atom is 0.337 e. The molecule has 5 nitrogen and oxygen atoms in total. The van der Waals surface area contributed by atoms with Crippen LogP contribution in [0.3, 0.4) is 0 Å². The molecule has 0 saturated heterocycles. The monoisotopic (exact) mass is 224 g/mol. The number of hydrogen-bond donors (Lipinski definition) is 3. The molecule has 0 fully saturated rings. The van der Waals surface area contributed by atoms with Crippen molar-refractivity contribution in [3.05, 3.63) is 23.4 Å². The molecule has 0 aromatic carbocycles. The SMILES string of the molecule is CCC(O)CNc1ccc(C(=O)O)c(C)n1. The zero-order chi connectivity index (χ0) is 12.1. The number of anilines is 1. The van der Waals surface area contributed by atoms with Crippen LogP contribution in [0, 0.1) is 6.92 Å². The van der Waals surface area contributed by atoms with Crippen LogP contribution in [0.15, 0.2) is 12.1 Å². The van der Waals surface area contributed by atoms with Crippen LogP contribution in [-0.2, 0) is 0 Å². The number of rotatable bonds is 5. The average molecular weight is 224 g/mol. The molecule has 0 aliphatic carbocycles. The van der Waals surface area contributed by atoms with Gasteiger partial charge in [-0.25, -0.2) is 9.78 Å². The Labute approximate surface area is 94.1 Å². The van der Waals surface area contributed by atoms with E-state index in [0.29, 0.717) is 24.5 Å². The second-order valence-corrected chi connectivity index (χ2v) is 3.58. The zero-order valence-corrected chi connectivity index (χ0v) is 9.40. The van der Waals surface area contributed by atoms with Gasteiger partial charge in [-0.3, -0.25) is 0 Å². The summed E-state index contributed by atoms with van der Waals surface area (Å²) in [5, 5.41) is 21.1. The highest BCUT2D eigenvalue weighted by atomic mass is 16.4. The Hall–Kier alpha value is -1.62. The molecule has 0 bridgehead atoms. The van der Waals surface area contributed by atoms with Crippen molar-refractivity contribution in [3.8, 4) is 0 Å². The number of nitrogens with zero attached hydrogens (tertiary/aromatic N) is 1. The van der Waals surface area contributed by atoms with Gasteiger partial charge in [0.25, 0.3) is 0 Å². The van der Waals surface area contributed by atoms with E-state index in [0.717, 1.165) is 0 Å². The van der Waals surface area contributed by atoms with Gasteiger partial charge in [-0.05, 0) is 25.5 Å². The van der Waals surface area contributed by atoms with Crippen molar-refractivity contribution >= 4 is 11.8 Å². The summed E-state index contributed by atoms with van der Waals surface area (Å²) in [6.45, 7) is 3.94. The lowest BCUT2D eigenvalue weighted by atomic mass is 10.2. The summed E-state index contributed by atoms with van der Waals surface area (Å²) in [5.41, 5.74) is 0.657. The first-order chi connectivity index (χ1) is 7.54. The van der Waals surface area contributed by atoms with Crippen LogP contribution in [0.25, 0.3) is 0 Å². The third-order valence-corrected chi connectivity index (χ3v) is 2.31. The molecule has 0 amide bonds. The molecule has 1 unspecified atom stereocenters. The van der Waals surface area contributed by atoms with Gasteiger partial charge in [0.05, 0.1) is 17.4 Å². The minimum absolute atomic E-state index is 0.196. The maximum atomic E-state index is 10.7. The Balaban J connectivity index is 2.70. The molecule has 1 aromatic rings. The summed E-state index contributed by atoms with van der Waals surface area (Å²) in [6.07, 6.45) is 0.250. The molecule has 3 N–H and O–H groups in total. The van der Waals surface area contributed by atoms with Gasteiger partial charge >= 0.3 is 5.97 Å². The van der Waals surface area contributed by atoms with Crippen molar-refractivity contribution in [2.45, 2.75) is 26.4 Å². The van der Waals surface area contributed by atoms with Crippen LogP contribution in [0.2, 0.25) is 0 Å². The van der Waals surface area contributed by atoms with E-state index in [4.69, 9.17) is 5.11 Å². The summed E-state index contributed by atoms with van der Waals surface area (Å²) >= 11 is 0. The van der Waals surface area contributed by atoms with Gasteiger partial charge in [0.15, 0.2) is 0 Å². The number of aliphatic hydroxyl groups is 1. The molecule has 88 valence electrons. The van der Waals surface area contributed by atoms with E-state index in [2.05, 4.69) is 10.3 Å². The Morgan fingerprint density at radius 3 is 2.75 bits per heavy atom. The first kappa shape index (κ1) is 12.4. The van der Waals surface area contributed by atoms with Gasteiger partial charge in [-0.2, -0.15) is 0 Å². The first-order valence-electron chi connectivity index (χ1n) is 5.17. The summed E-state index contributed by atoms with van der Waals surface area (Å²) in [7, 11) is 0. The zero-order valence-electron chi connectivity index (χ0n) is 9.40. The fourth-order valence-corrected chi connectivity index (χ4v) is 1.25. The molecular weight excluding hydrogens is 208 g/mol. The van der Waals surface area contributed by atoms with E-state index in [-0.39, 0.29) is 5.56 Å². The van der Waals surface area contributed by atoms with E-state index < -0.39 is 12.1 Å². The second-order valence-electron chi connectivity index (χ2n) is 3.58. The fourth-order valence-electron chi connectivity index (χ4n) is 1.25. The molecule has 0 aliphatic rings. The minimum atomic E-state index is -0.981. The third-order valence-electron chi connectivity index (χ3n) is 2.31. The first-order valence-corrected chi connectivity index (χ1v) is 5.17. The van der Waals surface area contributed by atoms with Crippen LogP contribution in [-0.4, -0.2) is 33.8 Å². The van der Waals surface area contributed by atoms with E-state index >= 15 is 0 Å². The van der Waals surface area contributed by atoms with Gasteiger partial charge in [0.2, 0.25) is 0 Å². The summed E-state index contributed by atoms with van der Waals surface area (Å²) in [4.78, 5) is 14.8. The van der Waals surface area contributed by atoms with Crippen molar-refractivity contribution in [1.29, 1.82) is 0 Å². The summed E-state index contributed by atoms with van der Waals surface area (Å²) < 4.78 is 0. The molecule has 0 radical (unpaired) electrons. The Morgan fingerprint density at radius 1 is 1.56 bits per heavy atom. The highest BCUT2D eigenvalue weighted by Crippen LogP contribution is 2.10. The molecule has 0 saturated carbocycles. The lowest BCUT2D eigenvalue weighted by Crippen LogP contribution is -2.19. The largest absolute Gasteiger partial charge is 0.478 e. The van der Waals surface area contributed by atoms with E-state index in [1.54, 1.807) is 13.0 Å². The van der Waals surface area contributed by atoms with Crippen LogP contribution in [0.5, 0.6) is 0 Å². The smallest absolute Gasteiger partial charge is 0.337 e. The highest BCUT2D eigenvalue weighted by Gasteiger charge is 2.08. The number of aliphatic hydroxyl groups excluding tert-OH is 1. The van der Waals surface area contributed by atoms with Crippen LogP contribution in [0.1, 0.15) is 29.4 Å². The highest BCUT2D eigenvalue weighted by molar-refractivity contribution is 5.89. The predicted molar refractivity (Wildman–Crippen MR) is 60.7 cm³/mol. The number of carboxylic acids is 1. The van der Waals surface area contributed by atoms with Crippen LogP contribution in [0.4, 0.5) is 5.82 Å². The standard InChI is InChI=1S/C11H16N2O3/c1-3-8(14)6-12-10-5-4-9(11(15)16)7(2)13-10/h4-5,8,14H,3,6H2,1-2H3,(H,12,13)(H,15,16). The Morgan fingerprint density at radius 2 is 2.25 bits per heavy atom. The number of carbonyl (C=O) groups is 1. The van der Waals surface area contributed by atoms with Crippen molar-refractivity contribution in [2.75, 3.05) is 11.9 Å². The predicted octanol–water partition coefficient (Wildman–Crippen LogP) is 1.27. The van der Waals surface area contributed by atoms with E-state index in [9.17, 15) is 9.90 Å². The maximum absolute atomic E-state index is 10.7. The van der Waals surface area contributed by atoms with E-state index in [1.807, 2.05) is 6.92 Å². The quantitative estimate of drug-likeness (QED) is 0.701. The topological polar surface area (TPSA) is 82.5 Å². The van der Waals surface area contributed by atoms with Crippen molar-refractivity contribution < 1.29 is 15.0 Å². The number of aryl methyl sites for hydroxylation is 1. The fraction of sp³-hybridized carbons (Fsp3) is 0.455. The summed E-state index contributed by atoms with van der Waals surface area (Å²) in [5.74, 6) is -0.403. The van der Waals surface area contributed by atoms with Crippen molar-refractivity contribution in [2.24, 2.45) is 0 Å². The summed E-state index contributed by atoms with van der Waals surface area (Å²) in [6, 6.07) is 3.10. The van der Waals surface area contributed by atoms with Crippen LogP contribution < -0.4 is 5.32 Å². The lowest BCUT2D eigenvalue weighted by Gasteiger charge is -2.10. The van der Waals surface area contributed by atoms with Gasteiger partial charge in [-0.15, -0.1) is 0 Å². The van der Waals surface area contributed by atoms with Crippen molar-refractivity contribution in [1.82, 2.24) is 4.98 Å². The number of pyridine rings is 1.